The number of hydrogen-bond acceptors (Lipinski definition) is 8. The smallest absolute Gasteiger partial charge is 0.256 e. The van der Waals surface area contributed by atoms with Crippen LogP contribution in [0.1, 0.15) is 43.9 Å². The highest BCUT2D eigenvalue weighted by atomic mass is 16.7. The summed E-state index contributed by atoms with van der Waals surface area (Å²) in [5, 5.41) is 16.8. The maximum atomic E-state index is 8.16. The van der Waals surface area contributed by atoms with Gasteiger partial charge in [0.2, 0.25) is 6.79 Å². The van der Waals surface area contributed by atoms with E-state index < -0.39 is 0 Å². The molecule has 0 spiro atoms. The summed E-state index contributed by atoms with van der Waals surface area (Å²) in [6, 6.07) is 13.5. The van der Waals surface area contributed by atoms with Crippen LogP contribution in [-0.2, 0) is 4.74 Å². The molecule has 1 aromatic heterocycles. The fraction of sp³-hybridized carbons (Fsp3) is 0.400. The molecule has 2 aliphatic rings. The third-order valence-electron chi connectivity index (χ3n) is 7.09. The SMILES string of the molecule is C#CC(COc1cccc2oc(C(=N)OC(=N)C(C)C)cc12)CN1CCC(c2ccc3c(c2)OCO3)CC1. The summed E-state index contributed by atoms with van der Waals surface area (Å²) in [6.45, 7) is 7.08. The van der Waals surface area contributed by atoms with Crippen molar-refractivity contribution < 1.29 is 23.4 Å². The predicted octanol–water partition coefficient (Wildman–Crippen LogP) is 5.64. The van der Waals surface area contributed by atoms with Crippen LogP contribution in [0.15, 0.2) is 46.9 Å². The Morgan fingerprint density at radius 2 is 1.89 bits per heavy atom. The fourth-order valence-electron chi connectivity index (χ4n) is 4.82. The topological polar surface area (TPSA) is 101 Å². The zero-order chi connectivity index (χ0) is 26.6. The van der Waals surface area contributed by atoms with Crippen LogP contribution in [0, 0.1) is 35.0 Å². The number of nitrogens with one attached hydrogen (secondary N) is 2. The van der Waals surface area contributed by atoms with Gasteiger partial charge in [-0.3, -0.25) is 10.8 Å². The molecule has 2 aliphatic heterocycles. The van der Waals surface area contributed by atoms with Crippen LogP contribution in [-0.4, -0.2) is 49.7 Å². The van der Waals surface area contributed by atoms with Crippen molar-refractivity contribution in [2.24, 2.45) is 11.8 Å². The summed E-state index contributed by atoms with van der Waals surface area (Å²) < 4.78 is 28.2. The number of piperidine rings is 1. The van der Waals surface area contributed by atoms with Gasteiger partial charge < -0.3 is 28.3 Å². The Morgan fingerprint density at radius 3 is 2.66 bits per heavy atom. The van der Waals surface area contributed by atoms with Gasteiger partial charge in [0, 0.05) is 18.5 Å². The lowest BCUT2D eigenvalue weighted by Crippen LogP contribution is -2.37. The van der Waals surface area contributed by atoms with E-state index >= 15 is 0 Å². The summed E-state index contributed by atoms with van der Waals surface area (Å²) in [6.07, 6.45) is 8.02. The number of nitrogens with zero attached hydrogens (tertiary/aromatic N) is 1. The van der Waals surface area contributed by atoms with Crippen LogP contribution in [0.25, 0.3) is 11.0 Å². The van der Waals surface area contributed by atoms with Gasteiger partial charge in [0.15, 0.2) is 23.2 Å². The second kappa shape index (κ2) is 11.2. The van der Waals surface area contributed by atoms with E-state index in [1.807, 2.05) is 38.1 Å². The molecule has 5 rings (SSSR count). The first-order chi connectivity index (χ1) is 18.4. The van der Waals surface area contributed by atoms with Gasteiger partial charge in [-0.15, -0.1) is 6.42 Å². The molecule has 1 atom stereocenters. The van der Waals surface area contributed by atoms with Crippen molar-refractivity contribution >= 4 is 22.8 Å². The Bertz CT molecular complexity index is 1360. The van der Waals surface area contributed by atoms with Gasteiger partial charge >= 0.3 is 0 Å². The summed E-state index contributed by atoms with van der Waals surface area (Å²) >= 11 is 0. The molecule has 0 amide bonds. The molecular weight excluding hydrogens is 482 g/mol. The Balaban J connectivity index is 1.16. The number of fused-ring (bicyclic) bond motifs is 2. The molecule has 0 radical (unpaired) electrons. The number of hydrogen-bond donors (Lipinski definition) is 2. The van der Waals surface area contributed by atoms with E-state index in [0.29, 0.717) is 30.7 Å². The standard InChI is InChI=1S/C30H33N3O5/c1-4-20(16-33-12-10-21(11-13-33)22-8-9-26-27(14-22)36-18-35-26)17-34-24-6-5-7-25-23(24)15-28(37-25)30(32)38-29(31)19(2)3/h1,5-9,14-15,19-21,31-32H,10-13,16-18H2,2-3H3. The monoisotopic (exact) mass is 515 g/mol. The molecule has 3 aromatic rings. The van der Waals surface area contributed by atoms with Gasteiger partial charge in [0.1, 0.15) is 17.9 Å². The van der Waals surface area contributed by atoms with Crippen LogP contribution in [0.4, 0.5) is 0 Å². The zero-order valence-corrected chi connectivity index (χ0v) is 21.8. The minimum atomic E-state index is -0.198. The second-order valence-electron chi connectivity index (χ2n) is 10.1. The molecule has 2 aromatic carbocycles. The number of rotatable bonds is 8. The van der Waals surface area contributed by atoms with Gasteiger partial charge in [-0.05, 0) is 61.7 Å². The first-order valence-electron chi connectivity index (χ1n) is 13.0. The van der Waals surface area contributed by atoms with E-state index in [9.17, 15) is 0 Å². The lowest BCUT2D eigenvalue weighted by molar-refractivity contribution is 0.170. The van der Waals surface area contributed by atoms with Gasteiger partial charge in [-0.1, -0.05) is 31.9 Å². The summed E-state index contributed by atoms with van der Waals surface area (Å²) in [5.41, 5.74) is 1.89. The maximum absolute atomic E-state index is 8.16. The zero-order valence-electron chi connectivity index (χ0n) is 21.8. The molecule has 0 bridgehead atoms. The van der Waals surface area contributed by atoms with Gasteiger partial charge in [-0.25, -0.2) is 0 Å². The molecule has 38 heavy (non-hydrogen) atoms. The van der Waals surface area contributed by atoms with Crippen molar-refractivity contribution in [3.05, 3.63) is 53.8 Å². The Hall–Kier alpha value is -3.96. The van der Waals surface area contributed by atoms with E-state index in [2.05, 4.69) is 23.0 Å². The molecule has 3 heterocycles. The van der Waals surface area contributed by atoms with E-state index in [4.69, 9.17) is 40.6 Å². The lowest BCUT2D eigenvalue weighted by Gasteiger charge is -2.33. The fourth-order valence-corrected chi connectivity index (χ4v) is 4.82. The molecular formula is C30H33N3O5. The van der Waals surface area contributed by atoms with Crippen LogP contribution in [0.3, 0.4) is 0 Å². The minimum Gasteiger partial charge on any atom is -0.491 e. The largest absolute Gasteiger partial charge is 0.491 e. The highest BCUT2D eigenvalue weighted by molar-refractivity contribution is 6.01. The molecule has 1 fully saturated rings. The van der Waals surface area contributed by atoms with Crippen molar-refractivity contribution in [3.8, 4) is 29.6 Å². The molecule has 8 heteroatoms. The molecule has 0 aliphatic carbocycles. The molecule has 1 saturated heterocycles. The number of furan rings is 1. The Morgan fingerprint density at radius 1 is 1.11 bits per heavy atom. The predicted molar refractivity (Wildman–Crippen MR) is 145 cm³/mol. The summed E-state index contributed by atoms with van der Waals surface area (Å²) in [5.74, 6) is 5.60. The minimum absolute atomic E-state index is 0.0173. The normalized spacial score (nSPS) is 16.4. The summed E-state index contributed by atoms with van der Waals surface area (Å²) in [4.78, 5) is 2.41. The molecule has 198 valence electrons. The second-order valence-corrected chi connectivity index (χ2v) is 10.1. The molecule has 0 saturated carbocycles. The molecule has 8 nitrogen and oxygen atoms in total. The van der Waals surface area contributed by atoms with Gasteiger partial charge in [0.25, 0.3) is 5.90 Å². The van der Waals surface area contributed by atoms with E-state index in [1.54, 1.807) is 6.07 Å². The van der Waals surface area contributed by atoms with Crippen molar-refractivity contribution in [3.63, 3.8) is 0 Å². The van der Waals surface area contributed by atoms with Crippen molar-refractivity contribution in [2.45, 2.75) is 32.6 Å². The average Bonchev–Trinajstić information content (AvgIpc) is 3.58. The van der Waals surface area contributed by atoms with E-state index in [0.717, 1.165) is 49.4 Å². The average molecular weight is 516 g/mol. The summed E-state index contributed by atoms with van der Waals surface area (Å²) in [7, 11) is 0. The maximum Gasteiger partial charge on any atom is 0.256 e. The van der Waals surface area contributed by atoms with Crippen LogP contribution in [0.5, 0.6) is 17.2 Å². The number of benzene rings is 2. The Kier molecular flexibility index (Phi) is 7.57. The number of ether oxygens (including phenoxy) is 4. The third-order valence-corrected chi connectivity index (χ3v) is 7.09. The lowest BCUT2D eigenvalue weighted by atomic mass is 9.89. The van der Waals surface area contributed by atoms with E-state index in [-0.39, 0.29) is 29.4 Å². The van der Waals surface area contributed by atoms with Gasteiger partial charge in [-0.2, -0.15) is 0 Å². The number of terminal acetylenes is 1. The first-order valence-corrected chi connectivity index (χ1v) is 13.0. The Labute approximate surface area is 222 Å². The first kappa shape index (κ1) is 25.7. The highest BCUT2D eigenvalue weighted by Gasteiger charge is 2.25. The van der Waals surface area contributed by atoms with Crippen LogP contribution in [0.2, 0.25) is 0 Å². The number of likely N-dealkylation sites (tertiary alicyclic amines) is 1. The van der Waals surface area contributed by atoms with Crippen LogP contribution >= 0.6 is 0 Å². The van der Waals surface area contributed by atoms with E-state index in [1.165, 1.54) is 5.56 Å². The molecule has 1 unspecified atom stereocenters. The molecule has 2 N–H and O–H groups in total. The quantitative estimate of drug-likeness (QED) is 0.229. The highest BCUT2D eigenvalue weighted by Crippen LogP contribution is 2.37. The van der Waals surface area contributed by atoms with Crippen molar-refractivity contribution in [1.82, 2.24) is 4.90 Å². The third kappa shape index (κ3) is 5.63. The van der Waals surface area contributed by atoms with Crippen LogP contribution < -0.4 is 14.2 Å². The van der Waals surface area contributed by atoms with Gasteiger partial charge in [0.05, 0.1) is 11.3 Å². The van der Waals surface area contributed by atoms with Crippen molar-refractivity contribution in [2.75, 3.05) is 33.0 Å². The van der Waals surface area contributed by atoms with Crippen molar-refractivity contribution in [1.29, 1.82) is 10.8 Å².